The minimum atomic E-state index is 0.114. The van der Waals surface area contributed by atoms with Gasteiger partial charge in [-0.25, -0.2) is 4.98 Å². The molecule has 2 aromatic heterocycles. The lowest BCUT2D eigenvalue weighted by atomic mass is 9.66. The fourth-order valence-corrected chi connectivity index (χ4v) is 12.3. The normalized spacial score (nSPS) is 16.8. The topological polar surface area (TPSA) is 38.9 Å². The minimum absolute atomic E-state index is 0.114. The lowest BCUT2D eigenvalue weighted by molar-refractivity contribution is 0.350. The van der Waals surface area contributed by atoms with E-state index in [1.54, 1.807) is 22.3 Å². The van der Waals surface area contributed by atoms with Gasteiger partial charge >= 0.3 is 0 Å². The molecule has 7 aromatic carbocycles. The van der Waals surface area contributed by atoms with Gasteiger partial charge in [0.15, 0.2) is 5.82 Å². The van der Waals surface area contributed by atoms with Crippen molar-refractivity contribution in [1.82, 2.24) is 9.97 Å². The van der Waals surface area contributed by atoms with Gasteiger partial charge in [0, 0.05) is 27.3 Å². The zero-order chi connectivity index (χ0) is 40.1. The number of hydrogen-bond acceptors (Lipinski definition) is 3. The summed E-state index contributed by atoms with van der Waals surface area (Å²) < 4.78 is 6.33. The largest absolute Gasteiger partial charge is 0.438 e. The summed E-state index contributed by atoms with van der Waals surface area (Å²) in [5, 5.41) is 1.98. The van der Waals surface area contributed by atoms with E-state index in [2.05, 4.69) is 133 Å². The molecule has 9 aromatic rings. The van der Waals surface area contributed by atoms with Crippen molar-refractivity contribution >= 4 is 22.1 Å². The van der Waals surface area contributed by atoms with Crippen molar-refractivity contribution in [2.24, 2.45) is 0 Å². The third-order valence-corrected chi connectivity index (χ3v) is 15.1. The Hall–Kier alpha value is -6.58. The molecule has 0 aliphatic heterocycles. The van der Waals surface area contributed by atoms with Gasteiger partial charge in [-0.15, -0.1) is 0 Å². The van der Waals surface area contributed by atoms with Crippen molar-refractivity contribution in [3.05, 3.63) is 180 Å². The number of para-hydroxylation sites is 1. The molecule has 2 saturated carbocycles. The molecule has 61 heavy (non-hydrogen) atoms. The van der Waals surface area contributed by atoms with E-state index in [0.717, 1.165) is 38.7 Å². The van der Waals surface area contributed by atoms with Crippen LogP contribution in [-0.2, 0) is 10.8 Å². The lowest BCUT2D eigenvalue weighted by Crippen LogP contribution is -2.29. The van der Waals surface area contributed by atoms with Gasteiger partial charge in [-0.2, -0.15) is 4.98 Å². The zero-order valence-electron chi connectivity index (χ0n) is 34.4. The average molecular weight is 787 g/mol. The first-order chi connectivity index (χ1) is 30.2. The van der Waals surface area contributed by atoms with Crippen LogP contribution in [0.2, 0.25) is 0 Å². The molecule has 4 aliphatic rings. The van der Waals surface area contributed by atoms with Gasteiger partial charge in [0.2, 0.25) is 5.71 Å². The molecular formula is C58H46N2O. The smallest absolute Gasteiger partial charge is 0.231 e. The van der Waals surface area contributed by atoms with Gasteiger partial charge < -0.3 is 4.42 Å². The van der Waals surface area contributed by atoms with Crippen molar-refractivity contribution < 1.29 is 4.42 Å². The maximum absolute atomic E-state index is 6.33. The molecule has 0 saturated heterocycles. The maximum Gasteiger partial charge on any atom is 0.231 e. The van der Waals surface area contributed by atoms with E-state index in [0.29, 0.717) is 11.5 Å². The standard InChI is InChI=1S/C58H46N2O/c1-4-15-39(16-5-1)54-53-44-20-7-9-22-52(44)61-56(53)60-55(59-54)42-18-14-17-40(33-42)37-23-25-38(26-24-37)41-27-28-49-45(34-41)47-36-50-46(35-51(47)58(49)31-12-3-13-32-58)43-19-6-8-21-48(43)57(50)29-10-2-11-30-57/h1,4-9,14-28,33-36H,2-3,10-13,29-32H2. The molecule has 13 rings (SSSR count). The van der Waals surface area contributed by atoms with Crippen LogP contribution in [0.25, 0.3) is 89.2 Å². The number of nitrogens with zero attached hydrogens (tertiary/aromatic N) is 2. The van der Waals surface area contributed by atoms with Crippen molar-refractivity contribution in [1.29, 1.82) is 0 Å². The average Bonchev–Trinajstić information content (AvgIpc) is 3.93. The summed E-state index contributed by atoms with van der Waals surface area (Å²) in [6, 6.07) is 58.5. The Morgan fingerprint density at radius 2 is 0.934 bits per heavy atom. The Kier molecular flexibility index (Phi) is 7.77. The highest BCUT2D eigenvalue weighted by atomic mass is 16.3. The number of furan rings is 1. The second kappa shape index (κ2) is 13.5. The summed E-state index contributed by atoms with van der Waals surface area (Å²) in [6.45, 7) is 0. The number of fused-ring (bicyclic) bond motifs is 13. The predicted molar refractivity (Wildman–Crippen MR) is 250 cm³/mol. The van der Waals surface area contributed by atoms with Gasteiger partial charge in [0.25, 0.3) is 0 Å². The molecule has 0 atom stereocenters. The van der Waals surface area contributed by atoms with Crippen LogP contribution in [0.1, 0.15) is 86.5 Å². The molecule has 3 nitrogen and oxygen atoms in total. The number of benzene rings is 7. The molecule has 0 amide bonds. The number of aromatic nitrogens is 2. The van der Waals surface area contributed by atoms with Crippen LogP contribution in [0.5, 0.6) is 0 Å². The quantitative estimate of drug-likeness (QED) is 0.178. The zero-order valence-corrected chi connectivity index (χ0v) is 34.4. The SMILES string of the molecule is c1ccc(-c2nc(-c3cccc(-c4ccc(-c5ccc6c(c5)-c5cc7c(cc5C65CCCCC5)-c5ccccc5C75CCCCC5)cc4)c3)nc3oc4ccccc4c23)cc1. The molecular weight excluding hydrogens is 741 g/mol. The van der Waals surface area contributed by atoms with Crippen molar-refractivity contribution in [3.8, 4) is 67.2 Å². The molecule has 294 valence electrons. The molecule has 0 radical (unpaired) electrons. The molecule has 2 heterocycles. The van der Waals surface area contributed by atoms with E-state index >= 15 is 0 Å². The number of hydrogen-bond donors (Lipinski definition) is 0. The van der Waals surface area contributed by atoms with E-state index in [-0.39, 0.29) is 10.8 Å². The van der Waals surface area contributed by atoms with Crippen LogP contribution in [0.15, 0.2) is 162 Å². The summed E-state index contributed by atoms with van der Waals surface area (Å²) in [4.78, 5) is 10.2. The van der Waals surface area contributed by atoms with Crippen molar-refractivity contribution in [3.63, 3.8) is 0 Å². The van der Waals surface area contributed by atoms with Crippen LogP contribution < -0.4 is 0 Å². The second-order valence-electron chi connectivity index (χ2n) is 18.2. The van der Waals surface area contributed by atoms with Crippen LogP contribution in [0.4, 0.5) is 0 Å². The van der Waals surface area contributed by atoms with Crippen LogP contribution in [0.3, 0.4) is 0 Å². The fraction of sp³-hybridized carbons (Fsp3) is 0.207. The van der Waals surface area contributed by atoms with Crippen LogP contribution in [0, 0.1) is 0 Å². The summed E-state index contributed by atoms with van der Waals surface area (Å²) in [6.07, 6.45) is 13.0. The molecule has 2 fully saturated rings. The molecule has 4 aliphatic carbocycles. The molecule has 0 N–H and O–H groups in total. The monoisotopic (exact) mass is 786 g/mol. The summed E-state index contributed by atoms with van der Waals surface area (Å²) >= 11 is 0. The first kappa shape index (κ1) is 35.2. The first-order valence-electron chi connectivity index (χ1n) is 22.6. The molecule has 0 bridgehead atoms. The third kappa shape index (κ3) is 5.22. The lowest BCUT2D eigenvalue weighted by Gasteiger charge is -2.37. The second-order valence-corrected chi connectivity index (χ2v) is 18.2. The molecule has 0 unspecified atom stereocenters. The van der Waals surface area contributed by atoms with E-state index in [4.69, 9.17) is 14.4 Å². The summed E-state index contributed by atoms with van der Waals surface area (Å²) in [5.41, 5.74) is 21.7. The predicted octanol–water partition coefficient (Wildman–Crippen LogP) is 15.5. The molecule has 3 heteroatoms. The fourth-order valence-electron chi connectivity index (χ4n) is 12.3. The van der Waals surface area contributed by atoms with Gasteiger partial charge in [0.1, 0.15) is 5.58 Å². The van der Waals surface area contributed by atoms with E-state index < -0.39 is 0 Å². The summed E-state index contributed by atoms with van der Waals surface area (Å²) in [5.74, 6) is 0.655. The van der Waals surface area contributed by atoms with E-state index in [9.17, 15) is 0 Å². The highest BCUT2D eigenvalue weighted by molar-refractivity contribution is 6.10. The minimum Gasteiger partial charge on any atom is -0.438 e. The Labute approximate surface area is 357 Å². The van der Waals surface area contributed by atoms with Crippen LogP contribution >= 0.6 is 0 Å². The Morgan fingerprint density at radius 1 is 0.377 bits per heavy atom. The highest BCUT2D eigenvalue weighted by Crippen LogP contribution is 2.62. The van der Waals surface area contributed by atoms with Gasteiger partial charge in [-0.05, 0) is 123 Å². The van der Waals surface area contributed by atoms with Crippen molar-refractivity contribution in [2.45, 2.75) is 75.0 Å². The summed E-state index contributed by atoms with van der Waals surface area (Å²) in [7, 11) is 0. The van der Waals surface area contributed by atoms with Gasteiger partial charge in [0.05, 0.1) is 11.1 Å². The van der Waals surface area contributed by atoms with Gasteiger partial charge in [-0.1, -0.05) is 166 Å². The van der Waals surface area contributed by atoms with Crippen molar-refractivity contribution in [2.75, 3.05) is 0 Å². The molecule has 2 spiro atoms. The van der Waals surface area contributed by atoms with Gasteiger partial charge in [-0.3, -0.25) is 0 Å². The highest BCUT2D eigenvalue weighted by Gasteiger charge is 2.49. The third-order valence-electron chi connectivity index (χ3n) is 15.1. The Balaban J connectivity index is 0.877. The Morgan fingerprint density at radius 3 is 1.67 bits per heavy atom. The number of rotatable bonds is 4. The Bertz CT molecular complexity index is 3200. The van der Waals surface area contributed by atoms with E-state index in [1.807, 2.05) is 24.3 Å². The first-order valence-corrected chi connectivity index (χ1v) is 22.6. The van der Waals surface area contributed by atoms with E-state index in [1.165, 1.54) is 103 Å². The van der Waals surface area contributed by atoms with Crippen LogP contribution in [-0.4, -0.2) is 9.97 Å². The maximum atomic E-state index is 6.33.